The average Bonchev–Trinajstić information content (AvgIpc) is 2.29. The summed E-state index contributed by atoms with van der Waals surface area (Å²) < 4.78 is 5.24. The van der Waals surface area contributed by atoms with Gasteiger partial charge in [0.25, 0.3) is 0 Å². The molecule has 0 spiro atoms. The van der Waals surface area contributed by atoms with Gasteiger partial charge < -0.3 is 14.7 Å². The van der Waals surface area contributed by atoms with Crippen LogP contribution in [0.15, 0.2) is 0 Å². The van der Waals surface area contributed by atoms with Crippen molar-refractivity contribution in [2.24, 2.45) is 11.3 Å². The number of carbonyl (C=O) groups is 1. The molecule has 4 nitrogen and oxygen atoms in total. The molecule has 3 saturated heterocycles. The van der Waals surface area contributed by atoms with E-state index in [4.69, 9.17) is 4.74 Å². The van der Waals surface area contributed by atoms with Crippen LogP contribution in [0.25, 0.3) is 0 Å². The molecule has 0 saturated carbocycles. The molecule has 98 valence electrons. The quantitative estimate of drug-likeness (QED) is 0.750. The molecule has 0 aromatic heterocycles. The Labute approximate surface area is 103 Å². The van der Waals surface area contributed by atoms with Crippen molar-refractivity contribution in [2.75, 3.05) is 26.2 Å². The minimum absolute atomic E-state index is 0.220. The van der Waals surface area contributed by atoms with E-state index in [2.05, 4.69) is 4.90 Å². The number of hydrogen-bond donors (Lipinski definition) is 1. The van der Waals surface area contributed by atoms with Gasteiger partial charge in [-0.3, -0.25) is 4.79 Å². The fourth-order valence-corrected chi connectivity index (χ4v) is 3.50. The predicted molar refractivity (Wildman–Crippen MR) is 64.5 cm³/mol. The first-order valence-corrected chi connectivity index (χ1v) is 6.54. The Morgan fingerprint density at radius 3 is 2.41 bits per heavy atom. The molecule has 3 aliphatic rings. The van der Waals surface area contributed by atoms with Crippen LogP contribution in [0.4, 0.5) is 0 Å². The van der Waals surface area contributed by atoms with E-state index in [1.165, 1.54) is 0 Å². The molecule has 3 fully saturated rings. The second-order valence-electron chi connectivity index (χ2n) is 5.80. The number of rotatable bonds is 3. The third kappa shape index (κ3) is 1.87. The highest BCUT2D eigenvalue weighted by Gasteiger charge is 2.60. The first kappa shape index (κ1) is 12.8. The van der Waals surface area contributed by atoms with Crippen molar-refractivity contribution < 1.29 is 14.6 Å². The van der Waals surface area contributed by atoms with E-state index < -0.39 is 11.0 Å². The second kappa shape index (κ2) is 4.25. The summed E-state index contributed by atoms with van der Waals surface area (Å²) in [4.78, 5) is 14.6. The van der Waals surface area contributed by atoms with Gasteiger partial charge in [-0.2, -0.15) is 0 Å². The smallest absolute Gasteiger partial charge is 0.316 e. The molecule has 0 aliphatic carbocycles. The fourth-order valence-electron chi connectivity index (χ4n) is 3.50. The Kier molecular flexibility index (Phi) is 3.21. The molecule has 1 N–H and O–H groups in total. The van der Waals surface area contributed by atoms with E-state index in [1.54, 1.807) is 13.8 Å². The third-order valence-electron chi connectivity index (χ3n) is 4.49. The number of hydrogen-bond acceptors (Lipinski definition) is 4. The summed E-state index contributed by atoms with van der Waals surface area (Å²) in [7, 11) is 0. The topological polar surface area (TPSA) is 49.8 Å². The number of carbonyl (C=O) groups excluding carboxylic acids is 1. The minimum Gasteiger partial charge on any atom is -0.465 e. The molecule has 2 bridgehead atoms. The van der Waals surface area contributed by atoms with Crippen LogP contribution < -0.4 is 0 Å². The van der Waals surface area contributed by atoms with Gasteiger partial charge in [0.2, 0.25) is 0 Å². The van der Waals surface area contributed by atoms with Crippen LogP contribution >= 0.6 is 0 Å². The van der Waals surface area contributed by atoms with Gasteiger partial charge in [0.15, 0.2) is 0 Å². The van der Waals surface area contributed by atoms with Gasteiger partial charge in [0.1, 0.15) is 5.41 Å². The molecule has 1 unspecified atom stereocenters. The van der Waals surface area contributed by atoms with Crippen molar-refractivity contribution >= 4 is 5.97 Å². The lowest BCUT2D eigenvalue weighted by Gasteiger charge is -2.56. The maximum absolute atomic E-state index is 12.3. The normalized spacial score (nSPS) is 36.9. The zero-order valence-electron chi connectivity index (χ0n) is 11.0. The Balaban J connectivity index is 2.34. The molecular formula is C13H23NO3. The molecule has 1 atom stereocenters. The Morgan fingerprint density at radius 1 is 1.47 bits per heavy atom. The van der Waals surface area contributed by atoms with Crippen LogP contribution in [0.3, 0.4) is 0 Å². The molecule has 0 radical (unpaired) electrons. The summed E-state index contributed by atoms with van der Waals surface area (Å²) in [5, 5.41) is 10.5. The number of fused-ring (bicyclic) bond motifs is 3. The van der Waals surface area contributed by atoms with E-state index >= 15 is 0 Å². The van der Waals surface area contributed by atoms with Gasteiger partial charge in [-0.25, -0.2) is 0 Å². The maximum Gasteiger partial charge on any atom is 0.316 e. The van der Waals surface area contributed by atoms with Crippen LogP contribution in [-0.4, -0.2) is 47.8 Å². The predicted octanol–water partition coefficient (Wildman–Crippen LogP) is 1.03. The highest BCUT2D eigenvalue weighted by molar-refractivity contribution is 5.79. The lowest BCUT2D eigenvalue weighted by molar-refractivity contribution is -0.198. The van der Waals surface area contributed by atoms with E-state index in [1.807, 2.05) is 6.92 Å². The van der Waals surface area contributed by atoms with E-state index in [0.29, 0.717) is 13.2 Å². The van der Waals surface area contributed by atoms with Gasteiger partial charge in [0.05, 0.1) is 12.2 Å². The first-order valence-electron chi connectivity index (χ1n) is 6.54. The second-order valence-corrected chi connectivity index (χ2v) is 5.80. The summed E-state index contributed by atoms with van der Waals surface area (Å²) in [5.41, 5.74) is -1.76. The van der Waals surface area contributed by atoms with Crippen molar-refractivity contribution in [3.05, 3.63) is 0 Å². The number of piperidine rings is 3. The number of nitrogens with zero attached hydrogens (tertiary/aromatic N) is 1. The molecule has 17 heavy (non-hydrogen) atoms. The summed E-state index contributed by atoms with van der Waals surface area (Å²) in [5.74, 6) is 0.0356. The highest BCUT2D eigenvalue weighted by Crippen LogP contribution is 2.49. The molecule has 0 aromatic rings. The SMILES string of the molecule is CCOC(=O)C1(C(C)(C)O)CN2CCC1CC2. The van der Waals surface area contributed by atoms with Crippen molar-refractivity contribution in [3.8, 4) is 0 Å². The lowest BCUT2D eigenvalue weighted by atomic mass is 9.59. The molecule has 3 heterocycles. The zero-order chi connectivity index (χ0) is 12.7. The van der Waals surface area contributed by atoms with Crippen LogP contribution in [-0.2, 0) is 9.53 Å². The van der Waals surface area contributed by atoms with Crippen LogP contribution in [0, 0.1) is 11.3 Å². The lowest BCUT2D eigenvalue weighted by Crippen LogP contribution is -2.66. The minimum atomic E-state index is -1.02. The molecule has 4 heteroatoms. The van der Waals surface area contributed by atoms with Gasteiger partial charge in [0, 0.05) is 6.54 Å². The first-order chi connectivity index (χ1) is 7.91. The van der Waals surface area contributed by atoms with Crippen molar-refractivity contribution in [2.45, 2.75) is 39.2 Å². The van der Waals surface area contributed by atoms with Gasteiger partial charge in [-0.05, 0) is 52.6 Å². The third-order valence-corrected chi connectivity index (χ3v) is 4.49. The summed E-state index contributed by atoms with van der Waals surface area (Å²) in [6, 6.07) is 0. The van der Waals surface area contributed by atoms with E-state index in [-0.39, 0.29) is 11.9 Å². The van der Waals surface area contributed by atoms with Crippen molar-refractivity contribution in [3.63, 3.8) is 0 Å². The standard InChI is InChI=1S/C13H23NO3/c1-4-17-11(15)13(12(2,3)16)9-14-7-5-10(13)6-8-14/h10,16H,4-9H2,1-3H3. The van der Waals surface area contributed by atoms with Crippen LogP contribution in [0.2, 0.25) is 0 Å². The average molecular weight is 241 g/mol. The largest absolute Gasteiger partial charge is 0.465 e. The monoisotopic (exact) mass is 241 g/mol. The summed E-state index contributed by atoms with van der Waals surface area (Å²) in [6.45, 7) is 8.40. The van der Waals surface area contributed by atoms with E-state index in [0.717, 1.165) is 25.9 Å². The van der Waals surface area contributed by atoms with Gasteiger partial charge >= 0.3 is 5.97 Å². The van der Waals surface area contributed by atoms with Gasteiger partial charge in [-0.1, -0.05) is 0 Å². The van der Waals surface area contributed by atoms with Gasteiger partial charge in [-0.15, -0.1) is 0 Å². The molecule has 3 aliphatic heterocycles. The fraction of sp³-hybridized carbons (Fsp3) is 0.923. The maximum atomic E-state index is 12.3. The van der Waals surface area contributed by atoms with Crippen LogP contribution in [0.5, 0.6) is 0 Å². The number of esters is 1. The molecule has 3 rings (SSSR count). The van der Waals surface area contributed by atoms with Crippen LogP contribution in [0.1, 0.15) is 33.6 Å². The zero-order valence-corrected chi connectivity index (χ0v) is 11.0. The van der Waals surface area contributed by atoms with Crippen molar-refractivity contribution in [1.29, 1.82) is 0 Å². The summed E-state index contributed by atoms with van der Waals surface area (Å²) in [6.07, 6.45) is 1.98. The van der Waals surface area contributed by atoms with Crippen molar-refractivity contribution in [1.82, 2.24) is 4.90 Å². The Hall–Kier alpha value is -0.610. The Bertz CT molecular complexity index is 302. The molecular weight excluding hydrogens is 218 g/mol. The summed E-state index contributed by atoms with van der Waals surface area (Å²) >= 11 is 0. The molecule has 0 aromatic carbocycles. The molecule has 0 amide bonds. The Morgan fingerprint density at radius 2 is 2.06 bits per heavy atom. The van der Waals surface area contributed by atoms with E-state index in [9.17, 15) is 9.90 Å². The highest BCUT2D eigenvalue weighted by atomic mass is 16.5. The number of aliphatic hydroxyl groups is 1. The number of ether oxygens (including phenoxy) is 1.